The van der Waals surface area contributed by atoms with Gasteiger partial charge in [0, 0.05) is 17.1 Å². The van der Waals surface area contributed by atoms with Crippen molar-refractivity contribution in [3.05, 3.63) is 51.9 Å². The standard InChI is InChI=1S/C17H13FN4O5S2/c1-9(15(24)21-10-2-3-12(18)13(6-10)22(25)26)27-14(23)7-29-17-11-4-5-28-16(11)19-8-20-17/h2-6,8-9H,7H2,1H3,(H,21,24)/t9-/m1/s1. The normalized spacial score (nSPS) is 11.8. The van der Waals surface area contributed by atoms with Crippen LogP contribution in [0.15, 0.2) is 41.0 Å². The number of amides is 1. The molecule has 3 aromatic rings. The van der Waals surface area contributed by atoms with Crippen LogP contribution in [-0.4, -0.2) is 38.6 Å². The lowest BCUT2D eigenvalue weighted by Gasteiger charge is -2.13. The van der Waals surface area contributed by atoms with Gasteiger partial charge in [-0.3, -0.25) is 19.7 Å². The summed E-state index contributed by atoms with van der Waals surface area (Å²) in [6, 6.07) is 4.78. The van der Waals surface area contributed by atoms with E-state index in [1.54, 1.807) is 0 Å². The fraction of sp³-hybridized carbons (Fsp3) is 0.176. The summed E-state index contributed by atoms with van der Waals surface area (Å²) in [6.45, 7) is 1.36. The number of thiophene rings is 1. The number of hydrogen-bond acceptors (Lipinski definition) is 9. The van der Waals surface area contributed by atoms with Gasteiger partial charge in [-0.2, -0.15) is 4.39 Å². The van der Waals surface area contributed by atoms with Crippen LogP contribution >= 0.6 is 23.1 Å². The molecule has 2 aromatic heterocycles. The van der Waals surface area contributed by atoms with Gasteiger partial charge in [-0.1, -0.05) is 11.8 Å². The van der Waals surface area contributed by atoms with Gasteiger partial charge in [-0.15, -0.1) is 11.3 Å². The highest BCUT2D eigenvalue weighted by atomic mass is 32.2. The second kappa shape index (κ2) is 8.92. The summed E-state index contributed by atoms with van der Waals surface area (Å²) in [7, 11) is 0. The van der Waals surface area contributed by atoms with Crippen LogP contribution in [0.25, 0.3) is 10.2 Å². The number of nitrogens with one attached hydrogen (secondary N) is 1. The van der Waals surface area contributed by atoms with Crippen LogP contribution in [0.1, 0.15) is 6.92 Å². The molecule has 1 aromatic carbocycles. The molecular formula is C17H13FN4O5S2. The first-order chi connectivity index (χ1) is 13.8. The molecule has 9 nitrogen and oxygen atoms in total. The van der Waals surface area contributed by atoms with Crippen molar-refractivity contribution in [3.63, 3.8) is 0 Å². The van der Waals surface area contributed by atoms with Gasteiger partial charge in [-0.25, -0.2) is 9.97 Å². The Morgan fingerprint density at radius 2 is 2.17 bits per heavy atom. The monoisotopic (exact) mass is 436 g/mol. The van der Waals surface area contributed by atoms with Crippen LogP contribution < -0.4 is 5.32 Å². The molecule has 0 bridgehead atoms. The molecule has 0 unspecified atom stereocenters. The smallest absolute Gasteiger partial charge is 0.317 e. The van der Waals surface area contributed by atoms with E-state index in [0.717, 1.165) is 34.1 Å². The zero-order chi connectivity index (χ0) is 21.0. The maximum absolute atomic E-state index is 13.4. The Bertz CT molecular complexity index is 1090. The first-order valence-electron chi connectivity index (χ1n) is 8.10. The number of thioether (sulfide) groups is 1. The average Bonchev–Trinajstić information content (AvgIpc) is 3.17. The number of esters is 1. The van der Waals surface area contributed by atoms with Crippen LogP contribution in [0.4, 0.5) is 15.8 Å². The third kappa shape index (κ3) is 5.03. The van der Waals surface area contributed by atoms with E-state index in [1.165, 1.54) is 30.7 Å². The summed E-state index contributed by atoms with van der Waals surface area (Å²) in [6.07, 6.45) is 0.253. The largest absolute Gasteiger partial charge is 0.452 e. The van der Waals surface area contributed by atoms with Gasteiger partial charge < -0.3 is 10.1 Å². The van der Waals surface area contributed by atoms with Gasteiger partial charge in [0.15, 0.2) is 6.10 Å². The SMILES string of the molecule is C[C@@H](OC(=O)CSc1ncnc2sccc12)C(=O)Nc1ccc(F)c([N+](=O)[O-])c1. The Balaban J connectivity index is 1.55. The number of halogens is 1. The number of nitro benzene ring substituents is 1. The number of hydrogen-bond donors (Lipinski definition) is 1. The molecule has 2 heterocycles. The molecule has 0 fully saturated rings. The molecule has 1 atom stereocenters. The fourth-order valence-electron chi connectivity index (χ4n) is 2.27. The zero-order valence-corrected chi connectivity index (χ0v) is 16.5. The van der Waals surface area contributed by atoms with Crippen LogP contribution in [0, 0.1) is 15.9 Å². The summed E-state index contributed by atoms with van der Waals surface area (Å²) in [5.74, 6) is -2.42. The fourth-order valence-corrected chi connectivity index (χ4v) is 3.83. The molecule has 12 heteroatoms. The van der Waals surface area contributed by atoms with Crippen molar-refractivity contribution in [3.8, 4) is 0 Å². The second-order valence-electron chi connectivity index (χ2n) is 5.65. The van der Waals surface area contributed by atoms with E-state index in [4.69, 9.17) is 4.74 Å². The Morgan fingerprint density at radius 3 is 2.93 bits per heavy atom. The minimum Gasteiger partial charge on any atom is -0.452 e. The predicted octanol–water partition coefficient (Wildman–Crippen LogP) is 3.40. The molecule has 3 rings (SSSR count). The summed E-state index contributed by atoms with van der Waals surface area (Å²) >= 11 is 2.62. The number of nitro groups is 1. The number of carbonyl (C=O) groups is 2. The van der Waals surface area contributed by atoms with Crippen molar-refractivity contribution in [1.29, 1.82) is 0 Å². The van der Waals surface area contributed by atoms with Crippen molar-refractivity contribution in [2.75, 3.05) is 11.1 Å². The van der Waals surface area contributed by atoms with Crippen LogP contribution in [0.3, 0.4) is 0 Å². The molecule has 0 aliphatic rings. The number of fused-ring (bicyclic) bond motifs is 1. The molecule has 0 radical (unpaired) electrons. The summed E-state index contributed by atoms with van der Waals surface area (Å²) in [5, 5.41) is 16.4. The topological polar surface area (TPSA) is 124 Å². The van der Waals surface area contributed by atoms with Crippen molar-refractivity contribution in [2.24, 2.45) is 0 Å². The van der Waals surface area contributed by atoms with Crippen molar-refractivity contribution in [1.82, 2.24) is 9.97 Å². The Kier molecular flexibility index (Phi) is 6.34. The van der Waals surface area contributed by atoms with Crippen LogP contribution in [-0.2, 0) is 14.3 Å². The molecule has 29 heavy (non-hydrogen) atoms. The van der Waals surface area contributed by atoms with E-state index < -0.39 is 34.4 Å². The molecular weight excluding hydrogens is 423 g/mol. The van der Waals surface area contributed by atoms with Crippen LogP contribution in [0.2, 0.25) is 0 Å². The number of benzene rings is 1. The Morgan fingerprint density at radius 1 is 1.38 bits per heavy atom. The van der Waals surface area contributed by atoms with Gasteiger partial charge in [-0.05, 0) is 30.5 Å². The molecule has 0 saturated carbocycles. The molecule has 150 valence electrons. The van der Waals surface area contributed by atoms with E-state index in [2.05, 4.69) is 15.3 Å². The number of anilines is 1. The highest BCUT2D eigenvalue weighted by Gasteiger charge is 2.21. The van der Waals surface area contributed by atoms with E-state index in [0.29, 0.717) is 5.03 Å². The number of aromatic nitrogens is 2. The molecule has 0 aliphatic heterocycles. The predicted molar refractivity (Wildman–Crippen MR) is 105 cm³/mol. The summed E-state index contributed by atoms with van der Waals surface area (Å²) < 4.78 is 18.4. The highest BCUT2D eigenvalue weighted by Crippen LogP contribution is 2.27. The first-order valence-corrected chi connectivity index (χ1v) is 9.97. The highest BCUT2D eigenvalue weighted by molar-refractivity contribution is 8.00. The quantitative estimate of drug-likeness (QED) is 0.196. The molecule has 1 N–H and O–H groups in total. The van der Waals surface area contributed by atoms with E-state index >= 15 is 0 Å². The van der Waals surface area contributed by atoms with E-state index in [1.807, 2.05) is 11.4 Å². The summed E-state index contributed by atoms with van der Waals surface area (Å²) in [5.41, 5.74) is -0.755. The molecule has 1 amide bonds. The number of rotatable bonds is 7. The molecule has 0 spiro atoms. The lowest BCUT2D eigenvalue weighted by Crippen LogP contribution is -2.30. The van der Waals surface area contributed by atoms with Crippen molar-refractivity contribution < 1.29 is 23.6 Å². The van der Waals surface area contributed by atoms with Crippen molar-refractivity contribution >= 4 is 56.6 Å². The molecule has 0 saturated heterocycles. The minimum atomic E-state index is -1.15. The summed E-state index contributed by atoms with van der Waals surface area (Å²) in [4.78, 5) is 43.1. The third-order valence-corrected chi connectivity index (χ3v) is 5.44. The van der Waals surface area contributed by atoms with Gasteiger partial charge in [0.05, 0.1) is 10.7 Å². The maximum atomic E-state index is 13.4. The van der Waals surface area contributed by atoms with Gasteiger partial charge in [0.25, 0.3) is 5.91 Å². The zero-order valence-electron chi connectivity index (χ0n) is 14.8. The number of nitrogens with zero attached hydrogens (tertiary/aromatic N) is 3. The Hall–Kier alpha value is -3.12. The lowest BCUT2D eigenvalue weighted by atomic mass is 10.2. The number of ether oxygens (including phenoxy) is 1. The Labute approximate surface area is 171 Å². The number of carbonyl (C=O) groups excluding carboxylic acids is 2. The van der Waals surface area contributed by atoms with Gasteiger partial charge >= 0.3 is 11.7 Å². The van der Waals surface area contributed by atoms with E-state index in [9.17, 15) is 24.1 Å². The van der Waals surface area contributed by atoms with Crippen LogP contribution in [0.5, 0.6) is 0 Å². The van der Waals surface area contributed by atoms with Gasteiger partial charge in [0.2, 0.25) is 5.82 Å². The van der Waals surface area contributed by atoms with E-state index in [-0.39, 0.29) is 11.4 Å². The third-order valence-electron chi connectivity index (χ3n) is 3.64. The molecule has 0 aliphatic carbocycles. The van der Waals surface area contributed by atoms with Crippen molar-refractivity contribution in [2.45, 2.75) is 18.1 Å². The average molecular weight is 436 g/mol. The lowest BCUT2D eigenvalue weighted by molar-refractivity contribution is -0.387. The second-order valence-corrected chi connectivity index (χ2v) is 7.51. The first kappa shape index (κ1) is 20.6. The van der Waals surface area contributed by atoms with Gasteiger partial charge in [0.1, 0.15) is 16.2 Å². The maximum Gasteiger partial charge on any atom is 0.317 e. The minimum absolute atomic E-state index is 0.0150.